The minimum Gasteiger partial charge on any atom is -0.486 e. The average molecular weight is 296 g/mol. The highest BCUT2D eigenvalue weighted by Crippen LogP contribution is 2.22. The van der Waals surface area contributed by atoms with E-state index in [9.17, 15) is 4.79 Å². The number of ether oxygens (including phenoxy) is 2. The zero-order valence-corrected chi connectivity index (χ0v) is 12.2. The van der Waals surface area contributed by atoms with Gasteiger partial charge in [0.05, 0.1) is 6.61 Å². The van der Waals surface area contributed by atoms with Gasteiger partial charge in [-0.15, -0.1) is 0 Å². The van der Waals surface area contributed by atoms with Gasteiger partial charge in [-0.25, -0.2) is 9.78 Å². The maximum atomic E-state index is 12.2. The number of pyridine rings is 1. The van der Waals surface area contributed by atoms with Crippen LogP contribution in [0.4, 0.5) is 0 Å². The van der Waals surface area contributed by atoms with Gasteiger partial charge in [-0.1, -0.05) is 30.3 Å². The monoisotopic (exact) mass is 296 g/mol. The summed E-state index contributed by atoms with van der Waals surface area (Å²) in [7, 11) is 0. The molecule has 0 aliphatic rings. The molecule has 0 N–H and O–H groups in total. The molecule has 0 unspecified atom stereocenters. The molecule has 3 rings (SSSR count). The topological polar surface area (TPSA) is 52.8 Å². The molecule has 0 saturated heterocycles. The number of fused-ring (bicyclic) bond motifs is 1. The highest BCUT2D eigenvalue weighted by Gasteiger charge is 2.18. The Labute approximate surface area is 128 Å². The SMILES string of the molecule is CCOC(=O)c1c(OCc2ccccc2)ccc2nccn12. The number of benzene rings is 1. The largest absolute Gasteiger partial charge is 0.486 e. The summed E-state index contributed by atoms with van der Waals surface area (Å²) in [5.41, 5.74) is 2.06. The van der Waals surface area contributed by atoms with Crippen LogP contribution >= 0.6 is 0 Å². The minimum atomic E-state index is -0.422. The first kappa shape index (κ1) is 14.1. The quantitative estimate of drug-likeness (QED) is 0.679. The van der Waals surface area contributed by atoms with Crippen LogP contribution in [-0.4, -0.2) is 22.0 Å². The van der Waals surface area contributed by atoms with Gasteiger partial charge in [-0.05, 0) is 24.6 Å². The van der Waals surface area contributed by atoms with Crippen molar-refractivity contribution in [3.63, 3.8) is 0 Å². The molecule has 3 aromatic rings. The number of rotatable bonds is 5. The van der Waals surface area contributed by atoms with Gasteiger partial charge in [-0.2, -0.15) is 0 Å². The van der Waals surface area contributed by atoms with Crippen molar-refractivity contribution in [3.05, 3.63) is 66.1 Å². The number of nitrogens with zero attached hydrogens (tertiary/aromatic N) is 2. The molecule has 0 fully saturated rings. The second-order valence-corrected chi connectivity index (χ2v) is 4.70. The van der Waals surface area contributed by atoms with E-state index in [4.69, 9.17) is 9.47 Å². The van der Waals surface area contributed by atoms with Crippen LogP contribution in [0.1, 0.15) is 23.0 Å². The fourth-order valence-corrected chi connectivity index (χ4v) is 2.23. The molecule has 112 valence electrons. The lowest BCUT2D eigenvalue weighted by Gasteiger charge is -2.12. The van der Waals surface area contributed by atoms with Gasteiger partial charge in [0, 0.05) is 12.4 Å². The Morgan fingerprint density at radius 3 is 2.77 bits per heavy atom. The molecule has 5 nitrogen and oxygen atoms in total. The van der Waals surface area contributed by atoms with Gasteiger partial charge in [0.2, 0.25) is 0 Å². The molecule has 1 aromatic carbocycles. The predicted octanol–water partition coefficient (Wildman–Crippen LogP) is 3.09. The lowest BCUT2D eigenvalue weighted by atomic mass is 10.2. The molecular formula is C17H16N2O3. The van der Waals surface area contributed by atoms with Crippen molar-refractivity contribution in [2.24, 2.45) is 0 Å². The summed E-state index contributed by atoms with van der Waals surface area (Å²) in [6, 6.07) is 13.3. The highest BCUT2D eigenvalue weighted by molar-refractivity contribution is 5.91. The number of aromatic nitrogens is 2. The smallest absolute Gasteiger partial charge is 0.359 e. The van der Waals surface area contributed by atoms with Crippen molar-refractivity contribution >= 4 is 11.6 Å². The normalized spacial score (nSPS) is 10.6. The third kappa shape index (κ3) is 2.79. The zero-order chi connectivity index (χ0) is 15.4. The molecule has 0 aliphatic carbocycles. The third-order valence-corrected chi connectivity index (χ3v) is 3.23. The van der Waals surface area contributed by atoms with Crippen LogP contribution in [0.3, 0.4) is 0 Å². The van der Waals surface area contributed by atoms with Gasteiger partial charge in [0.1, 0.15) is 12.3 Å². The summed E-state index contributed by atoms with van der Waals surface area (Å²) >= 11 is 0. The summed E-state index contributed by atoms with van der Waals surface area (Å²) in [6.45, 7) is 2.46. The van der Waals surface area contributed by atoms with E-state index in [1.807, 2.05) is 36.4 Å². The van der Waals surface area contributed by atoms with Crippen molar-refractivity contribution < 1.29 is 14.3 Å². The van der Waals surface area contributed by atoms with E-state index in [1.54, 1.807) is 29.8 Å². The van der Waals surface area contributed by atoms with Crippen LogP contribution in [-0.2, 0) is 11.3 Å². The molecule has 0 amide bonds. The fraction of sp³-hybridized carbons (Fsp3) is 0.176. The molecule has 2 aromatic heterocycles. The van der Waals surface area contributed by atoms with Gasteiger partial charge >= 0.3 is 5.97 Å². The van der Waals surface area contributed by atoms with Gasteiger partial charge < -0.3 is 9.47 Å². The number of carbonyl (C=O) groups is 1. The molecule has 0 spiro atoms. The van der Waals surface area contributed by atoms with Crippen LogP contribution < -0.4 is 4.74 Å². The number of imidazole rings is 1. The van der Waals surface area contributed by atoms with E-state index in [2.05, 4.69) is 4.98 Å². The Bertz CT molecular complexity index is 781. The lowest BCUT2D eigenvalue weighted by Crippen LogP contribution is -2.12. The van der Waals surface area contributed by atoms with E-state index in [0.717, 1.165) is 5.56 Å². The van der Waals surface area contributed by atoms with Crippen molar-refractivity contribution in [1.82, 2.24) is 9.38 Å². The average Bonchev–Trinajstić information content (AvgIpc) is 3.02. The molecule has 0 bridgehead atoms. The van der Waals surface area contributed by atoms with Crippen LogP contribution in [0, 0.1) is 0 Å². The van der Waals surface area contributed by atoms with Gasteiger partial charge in [-0.3, -0.25) is 4.40 Å². The summed E-state index contributed by atoms with van der Waals surface area (Å²) in [5.74, 6) is 0.0574. The summed E-state index contributed by atoms with van der Waals surface area (Å²) < 4.78 is 12.6. The Balaban J connectivity index is 1.94. The number of hydrogen-bond donors (Lipinski definition) is 0. The van der Waals surface area contributed by atoms with E-state index >= 15 is 0 Å². The van der Waals surface area contributed by atoms with Crippen LogP contribution in [0.2, 0.25) is 0 Å². The third-order valence-electron chi connectivity index (χ3n) is 3.23. The Hall–Kier alpha value is -2.82. The minimum absolute atomic E-state index is 0.308. The van der Waals surface area contributed by atoms with Crippen LogP contribution in [0.5, 0.6) is 5.75 Å². The van der Waals surface area contributed by atoms with Crippen molar-refractivity contribution in [2.75, 3.05) is 6.61 Å². The Morgan fingerprint density at radius 1 is 1.18 bits per heavy atom. The second-order valence-electron chi connectivity index (χ2n) is 4.70. The maximum Gasteiger partial charge on any atom is 0.359 e. The second kappa shape index (κ2) is 6.30. The highest BCUT2D eigenvalue weighted by atomic mass is 16.5. The lowest BCUT2D eigenvalue weighted by molar-refractivity contribution is 0.0512. The van der Waals surface area contributed by atoms with E-state index in [-0.39, 0.29) is 0 Å². The number of hydrogen-bond acceptors (Lipinski definition) is 4. The van der Waals surface area contributed by atoms with Crippen LogP contribution in [0.25, 0.3) is 5.65 Å². The number of carbonyl (C=O) groups excluding carboxylic acids is 1. The molecular weight excluding hydrogens is 280 g/mol. The van der Waals surface area contributed by atoms with E-state index in [0.29, 0.717) is 30.3 Å². The van der Waals surface area contributed by atoms with Crippen LogP contribution in [0.15, 0.2) is 54.9 Å². The first-order chi connectivity index (χ1) is 10.8. The van der Waals surface area contributed by atoms with E-state index < -0.39 is 5.97 Å². The zero-order valence-electron chi connectivity index (χ0n) is 12.2. The molecule has 0 atom stereocenters. The molecule has 0 aliphatic heterocycles. The summed E-state index contributed by atoms with van der Waals surface area (Å²) in [4.78, 5) is 16.4. The maximum absolute atomic E-state index is 12.2. The first-order valence-corrected chi connectivity index (χ1v) is 7.09. The molecule has 0 radical (unpaired) electrons. The Kier molecular flexibility index (Phi) is 4.05. The molecule has 2 heterocycles. The standard InChI is InChI=1S/C17H16N2O3/c1-2-21-17(20)16-14(8-9-15-18-10-11-19(15)16)22-12-13-6-4-3-5-7-13/h3-11H,2,12H2,1H3. The summed E-state index contributed by atoms with van der Waals surface area (Å²) in [5, 5.41) is 0. The predicted molar refractivity (Wildman–Crippen MR) is 81.9 cm³/mol. The Morgan fingerprint density at radius 2 is 2.00 bits per heavy atom. The van der Waals surface area contributed by atoms with Gasteiger partial charge in [0.25, 0.3) is 0 Å². The fourth-order valence-electron chi connectivity index (χ4n) is 2.23. The molecule has 22 heavy (non-hydrogen) atoms. The molecule has 5 heteroatoms. The summed E-state index contributed by atoms with van der Waals surface area (Å²) in [6.07, 6.45) is 3.36. The van der Waals surface area contributed by atoms with Crippen molar-refractivity contribution in [1.29, 1.82) is 0 Å². The number of esters is 1. The van der Waals surface area contributed by atoms with Crippen molar-refractivity contribution in [3.8, 4) is 5.75 Å². The van der Waals surface area contributed by atoms with E-state index in [1.165, 1.54) is 0 Å². The van der Waals surface area contributed by atoms with Crippen molar-refractivity contribution in [2.45, 2.75) is 13.5 Å². The first-order valence-electron chi connectivity index (χ1n) is 7.09. The molecule has 0 saturated carbocycles. The van der Waals surface area contributed by atoms with Gasteiger partial charge in [0.15, 0.2) is 11.4 Å².